The van der Waals surface area contributed by atoms with Gasteiger partial charge in [-0.05, 0) is 24.3 Å². The van der Waals surface area contributed by atoms with Crippen LogP contribution in [0.2, 0.25) is 0 Å². The van der Waals surface area contributed by atoms with Crippen LogP contribution in [0.5, 0.6) is 0 Å². The zero-order valence-corrected chi connectivity index (χ0v) is 15.0. The molecule has 4 heterocycles. The highest BCUT2D eigenvalue weighted by Crippen LogP contribution is 2.31. The molecule has 0 aliphatic carbocycles. The molecule has 0 amide bonds. The van der Waals surface area contributed by atoms with Crippen molar-refractivity contribution in [1.29, 1.82) is 0 Å². The smallest absolute Gasteiger partial charge is 0.167 e. The largest absolute Gasteiger partial charge is 0.378 e. The zero-order valence-electron chi connectivity index (χ0n) is 15.0. The van der Waals surface area contributed by atoms with E-state index >= 15 is 0 Å². The van der Waals surface area contributed by atoms with Gasteiger partial charge in [-0.2, -0.15) is 0 Å². The van der Waals surface area contributed by atoms with Gasteiger partial charge in [0.1, 0.15) is 11.3 Å². The molecule has 0 bridgehead atoms. The van der Waals surface area contributed by atoms with Crippen LogP contribution in [-0.4, -0.2) is 38.4 Å². The molecule has 1 aromatic carbocycles. The molecule has 27 heavy (non-hydrogen) atoms. The van der Waals surface area contributed by atoms with Gasteiger partial charge in [-0.1, -0.05) is 6.07 Å². The molecular weight excluding hydrogens is 338 g/mol. The topological polar surface area (TPSA) is 71.2 Å². The lowest BCUT2D eigenvalue weighted by Gasteiger charge is -2.15. The number of aromatic nitrogens is 5. The molecule has 0 unspecified atom stereocenters. The summed E-state index contributed by atoms with van der Waals surface area (Å²) in [4.78, 5) is 20.1. The monoisotopic (exact) mass is 355 g/mol. The summed E-state index contributed by atoms with van der Waals surface area (Å²) in [6.07, 6.45) is 8.95. The minimum absolute atomic E-state index is 0.750. The Kier molecular flexibility index (Phi) is 3.39. The minimum Gasteiger partial charge on any atom is -0.378 e. The van der Waals surface area contributed by atoms with E-state index in [1.165, 1.54) is 0 Å². The Balaban J connectivity index is 1.75. The maximum atomic E-state index is 4.87. The van der Waals surface area contributed by atoms with Crippen LogP contribution in [0.1, 0.15) is 0 Å². The maximum Gasteiger partial charge on any atom is 0.167 e. The molecule has 5 rings (SSSR count). The highest BCUT2D eigenvalue weighted by molar-refractivity contribution is 6.08. The van der Waals surface area contributed by atoms with Gasteiger partial charge in [0, 0.05) is 61.0 Å². The number of imidazole rings is 1. The van der Waals surface area contributed by atoms with E-state index in [2.05, 4.69) is 32.3 Å². The Morgan fingerprint density at radius 1 is 0.963 bits per heavy atom. The van der Waals surface area contributed by atoms with Gasteiger partial charge < -0.3 is 10.2 Å². The molecule has 5 aromatic rings. The predicted molar refractivity (Wildman–Crippen MR) is 108 cm³/mol. The van der Waals surface area contributed by atoms with Gasteiger partial charge in [0.25, 0.3) is 0 Å². The molecule has 0 aliphatic rings. The summed E-state index contributed by atoms with van der Waals surface area (Å²) in [6, 6.07) is 10.2. The van der Waals surface area contributed by atoms with Crippen molar-refractivity contribution in [2.24, 2.45) is 0 Å². The van der Waals surface area contributed by atoms with Gasteiger partial charge >= 0.3 is 0 Å². The van der Waals surface area contributed by atoms with Crippen molar-refractivity contribution < 1.29 is 0 Å². The van der Waals surface area contributed by atoms with E-state index in [1.807, 2.05) is 49.1 Å². The quantitative estimate of drug-likeness (QED) is 0.533. The Bertz CT molecular complexity index is 1290. The highest BCUT2D eigenvalue weighted by Gasteiger charge is 2.14. The summed E-state index contributed by atoms with van der Waals surface area (Å²) < 4.78 is 1.95. The molecule has 7 heteroatoms. The number of pyridine rings is 2. The third-order valence-corrected chi connectivity index (χ3v) is 4.58. The fraction of sp³-hybridized carbons (Fsp3) is 0.100. The first-order valence-corrected chi connectivity index (χ1v) is 8.60. The van der Waals surface area contributed by atoms with Crippen molar-refractivity contribution in [2.75, 3.05) is 24.3 Å². The Hall–Kier alpha value is -3.74. The number of rotatable bonds is 3. The van der Waals surface area contributed by atoms with Gasteiger partial charge in [-0.25, -0.2) is 9.97 Å². The molecule has 1 N–H and O–H groups in total. The SMILES string of the molecule is CN(C)c1cccc(Nc2nc3c(nc4cnccn43)c3ccncc23)c1. The second-order valence-corrected chi connectivity index (χ2v) is 6.54. The summed E-state index contributed by atoms with van der Waals surface area (Å²) in [6.45, 7) is 0. The van der Waals surface area contributed by atoms with Crippen LogP contribution >= 0.6 is 0 Å². The summed E-state index contributed by atoms with van der Waals surface area (Å²) in [5.74, 6) is 0.750. The molecule has 0 saturated heterocycles. The van der Waals surface area contributed by atoms with Gasteiger partial charge in [-0.3, -0.25) is 14.4 Å². The number of nitrogens with zero attached hydrogens (tertiary/aromatic N) is 6. The maximum absolute atomic E-state index is 4.87. The molecule has 4 aromatic heterocycles. The van der Waals surface area contributed by atoms with E-state index in [4.69, 9.17) is 9.97 Å². The van der Waals surface area contributed by atoms with E-state index in [1.54, 1.807) is 18.6 Å². The van der Waals surface area contributed by atoms with E-state index in [0.717, 1.165) is 44.8 Å². The minimum atomic E-state index is 0.750. The Morgan fingerprint density at radius 2 is 1.85 bits per heavy atom. The van der Waals surface area contributed by atoms with Crippen LogP contribution in [0.15, 0.2) is 61.3 Å². The van der Waals surface area contributed by atoms with Crippen molar-refractivity contribution in [3.63, 3.8) is 0 Å². The van der Waals surface area contributed by atoms with E-state index in [-0.39, 0.29) is 0 Å². The first kappa shape index (κ1) is 15.5. The average Bonchev–Trinajstić information content (AvgIpc) is 3.07. The number of benzene rings is 1. The molecule has 0 atom stereocenters. The van der Waals surface area contributed by atoms with E-state index in [0.29, 0.717) is 0 Å². The van der Waals surface area contributed by atoms with Crippen LogP contribution in [0.4, 0.5) is 17.2 Å². The molecule has 0 aliphatic heterocycles. The first-order chi connectivity index (χ1) is 13.2. The Morgan fingerprint density at radius 3 is 2.74 bits per heavy atom. The standard InChI is InChI=1S/C20H17N7/c1-26(2)14-5-3-4-13(10-14)23-19-16-11-21-7-6-15(16)18-20(25-19)27-9-8-22-12-17(27)24-18/h3-12H,1-2H3,(H,23,25). The molecule has 132 valence electrons. The summed E-state index contributed by atoms with van der Waals surface area (Å²) in [7, 11) is 4.05. The summed E-state index contributed by atoms with van der Waals surface area (Å²) in [5.41, 5.74) is 4.48. The van der Waals surface area contributed by atoms with Gasteiger partial charge in [-0.15, -0.1) is 0 Å². The van der Waals surface area contributed by atoms with Crippen molar-refractivity contribution >= 4 is 44.8 Å². The van der Waals surface area contributed by atoms with Crippen LogP contribution < -0.4 is 10.2 Å². The molecule has 0 fully saturated rings. The van der Waals surface area contributed by atoms with Crippen molar-refractivity contribution in [3.8, 4) is 0 Å². The van der Waals surface area contributed by atoms with Gasteiger partial charge in [0.2, 0.25) is 0 Å². The third-order valence-electron chi connectivity index (χ3n) is 4.58. The summed E-state index contributed by atoms with van der Waals surface area (Å²) >= 11 is 0. The number of anilines is 3. The Labute approximate surface area is 155 Å². The van der Waals surface area contributed by atoms with Crippen molar-refractivity contribution in [3.05, 3.63) is 61.3 Å². The molecule has 0 spiro atoms. The normalized spacial score (nSPS) is 11.3. The zero-order chi connectivity index (χ0) is 18.4. The van der Waals surface area contributed by atoms with Crippen LogP contribution in [0, 0.1) is 0 Å². The highest BCUT2D eigenvalue weighted by atomic mass is 15.1. The number of hydrogen-bond acceptors (Lipinski definition) is 6. The fourth-order valence-electron chi connectivity index (χ4n) is 3.23. The lowest BCUT2D eigenvalue weighted by Crippen LogP contribution is -2.08. The van der Waals surface area contributed by atoms with E-state index < -0.39 is 0 Å². The second-order valence-electron chi connectivity index (χ2n) is 6.54. The predicted octanol–water partition coefficient (Wildman–Crippen LogP) is 3.64. The molecule has 7 nitrogen and oxygen atoms in total. The molecule has 0 saturated carbocycles. The third kappa shape index (κ3) is 2.52. The fourth-order valence-corrected chi connectivity index (χ4v) is 3.23. The van der Waals surface area contributed by atoms with E-state index in [9.17, 15) is 0 Å². The first-order valence-electron chi connectivity index (χ1n) is 8.60. The van der Waals surface area contributed by atoms with Crippen LogP contribution in [-0.2, 0) is 0 Å². The van der Waals surface area contributed by atoms with Crippen molar-refractivity contribution in [1.82, 2.24) is 24.3 Å². The van der Waals surface area contributed by atoms with Gasteiger partial charge in [0.05, 0.1) is 6.20 Å². The lowest BCUT2D eigenvalue weighted by molar-refractivity contribution is 1.13. The average molecular weight is 355 g/mol. The van der Waals surface area contributed by atoms with Crippen LogP contribution in [0.3, 0.4) is 0 Å². The van der Waals surface area contributed by atoms with Crippen LogP contribution in [0.25, 0.3) is 27.6 Å². The summed E-state index contributed by atoms with van der Waals surface area (Å²) in [5, 5.41) is 5.39. The van der Waals surface area contributed by atoms with Crippen molar-refractivity contribution in [2.45, 2.75) is 0 Å². The lowest BCUT2D eigenvalue weighted by atomic mass is 10.2. The van der Waals surface area contributed by atoms with Gasteiger partial charge in [0.15, 0.2) is 11.3 Å². The number of hydrogen-bond donors (Lipinski definition) is 1. The molecular formula is C20H17N7. The number of nitrogens with one attached hydrogen (secondary N) is 1. The molecule has 0 radical (unpaired) electrons. The second kappa shape index (κ2) is 5.91. The number of fused-ring (bicyclic) bond motifs is 5.